The van der Waals surface area contributed by atoms with Crippen molar-refractivity contribution >= 4 is 22.0 Å². The van der Waals surface area contributed by atoms with E-state index < -0.39 is 10.0 Å². The van der Waals surface area contributed by atoms with E-state index in [4.69, 9.17) is 4.42 Å². The lowest BCUT2D eigenvalue weighted by molar-refractivity contribution is -0.117. The third-order valence-corrected chi connectivity index (χ3v) is 5.65. The van der Waals surface area contributed by atoms with Crippen LogP contribution in [0.2, 0.25) is 0 Å². The van der Waals surface area contributed by atoms with Crippen LogP contribution in [0.1, 0.15) is 30.0 Å². The second kappa shape index (κ2) is 9.36. The maximum absolute atomic E-state index is 12.2. The molecule has 0 saturated carbocycles. The fourth-order valence-electron chi connectivity index (χ4n) is 2.67. The normalized spacial score (nSPS) is 12.7. The smallest absolute Gasteiger partial charge is 0.244 e. The van der Waals surface area contributed by atoms with Crippen LogP contribution in [0.5, 0.6) is 0 Å². The number of carbonyl (C=O) groups excluding carboxylic acids is 1. The Morgan fingerprint density at radius 1 is 1.00 bits per heavy atom. The van der Waals surface area contributed by atoms with Crippen LogP contribution in [0.3, 0.4) is 0 Å². The third-order valence-electron chi connectivity index (χ3n) is 4.23. The van der Waals surface area contributed by atoms with Crippen LogP contribution >= 0.6 is 0 Å². The molecule has 0 bridgehead atoms. The molecule has 29 heavy (non-hydrogen) atoms. The summed E-state index contributed by atoms with van der Waals surface area (Å²) in [7, 11) is -3.61. The molecular weight excluding hydrogens is 388 g/mol. The van der Waals surface area contributed by atoms with Gasteiger partial charge in [-0.2, -0.15) is 0 Å². The highest BCUT2D eigenvalue weighted by atomic mass is 32.2. The fourth-order valence-corrected chi connectivity index (χ4v) is 3.69. The molecule has 7 heteroatoms. The van der Waals surface area contributed by atoms with Crippen molar-refractivity contribution < 1.29 is 17.6 Å². The van der Waals surface area contributed by atoms with Gasteiger partial charge in [0, 0.05) is 6.08 Å². The van der Waals surface area contributed by atoms with Crippen molar-refractivity contribution in [3.05, 3.63) is 96.0 Å². The van der Waals surface area contributed by atoms with Crippen LogP contribution in [-0.2, 0) is 21.4 Å². The molecule has 1 atom stereocenters. The minimum absolute atomic E-state index is 0.0162. The molecule has 6 nitrogen and oxygen atoms in total. The van der Waals surface area contributed by atoms with Crippen molar-refractivity contribution in [2.75, 3.05) is 0 Å². The van der Waals surface area contributed by atoms with Crippen molar-refractivity contribution in [3.8, 4) is 0 Å². The monoisotopic (exact) mass is 410 g/mol. The third kappa shape index (κ3) is 5.91. The van der Waals surface area contributed by atoms with Crippen molar-refractivity contribution in [2.24, 2.45) is 0 Å². The van der Waals surface area contributed by atoms with Crippen LogP contribution in [0.4, 0.5) is 0 Å². The van der Waals surface area contributed by atoms with E-state index in [1.165, 1.54) is 18.2 Å². The van der Waals surface area contributed by atoms with Gasteiger partial charge < -0.3 is 9.73 Å². The largest absolute Gasteiger partial charge is 0.460 e. The zero-order chi connectivity index (χ0) is 20.7. The van der Waals surface area contributed by atoms with Gasteiger partial charge in [-0.05, 0) is 42.8 Å². The van der Waals surface area contributed by atoms with Gasteiger partial charge in [-0.1, -0.05) is 48.5 Å². The molecule has 150 valence electrons. The highest BCUT2D eigenvalue weighted by Crippen LogP contribution is 2.13. The molecule has 0 radical (unpaired) electrons. The molecule has 0 spiro atoms. The SMILES string of the molecule is C[C@H](NC(=O)/C=C/c1ccc(CNS(=O)(=O)c2ccccc2)o1)c1ccccc1. The van der Waals surface area contributed by atoms with Gasteiger partial charge in [-0.15, -0.1) is 0 Å². The number of amides is 1. The molecule has 0 aliphatic heterocycles. The minimum Gasteiger partial charge on any atom is -0.460 e. The summed E-state index contributed by atoms with van der Waals surface area (Å²) >= 11 is 0. The Labute approximate surface area is 170 Å². The lowest BCUT2D eigenvalue weighted by Gasteiger charge is -2.12. The van der Waals surface area contributed by atoms with Gasteiger partial charge >= 0.3 is 0 Å². The average molecular weight is 410 g/mol. The number of sulfonamides is 1. The van der Waals surface area contributed by atoms with Gasteiger partial charge in [0.2, 0.25) is 15.9 Å². The van der Waals surface area contributed by atoms with Crippen molar-refractivity contribution in [2.45, 2.75) is 24.4 Å². The first-order chi connectivity index (χ1) is 13.9. The van der Waals surface area contributed by atoms with Crippen LogP contribution in [0, 0.1) is 0 Å². The number of benzene rings is 2. The summed E-state index contributed by atoms with van der Waals surface area (Å²) < 4.78 is 32.5. The molecule has 2 aromatic carbocycles. The van der Waals surface area contributed by atoms with E-state index in [0.29, 0.717) is 11.5 Å². The molecule has 0 saturated heterocycles. The average Bonchev–Trinajstić information content (AvgIpc) is 3.20. The topological polar surface area (TPSA) is 88.4 Å². The molecule has 0 aliphatic carbocycles. The maximum Gasteiger partial charge on any atom is 0.244 e. The Morgan fingerprint density at radius 2 is 1.66 bits per heavy atom. The lowest BCUT2D eigenvalue weighted by atomic mass is 10.1. The van der Waals surface area contributed by atoms with Crippen LogP contribution in [0.25, 0.3) is 6.08 Å². The molecule has 0 aliphatic rings. The molecular formula is C22H22N2O4S. The predicted octanol–water partition coefficient (Wildman–Crippen LogP) is 3.65. The molecule has 0 unspecified atom stereocenters. The number of nitrogens with one attached hydrogen (secondary N) is 2. The summed E-state index contributed by atoms with van der Waals surface area (Å²) in [4.78, 5) is 12.3. The van der Waals surface area contributed by atoms with E-state index in [1.54, 1.807) is 36.4 Å². The first-order valence-electron chi connectivity index (χ1n) is 9.11. The summed E-state index contributed by atoms with van der Waals surface area (Å²) in [5, 5.41) is 2.88. The highest BCUT2D eigenvalue weighted by molar-refractivity contribution is 7.89. The van der Waals surface area contributed by atoms with Crippen molar-refractivity contribution in [1.82, 2.24) is 10.0 Å². The first kappa shape index (κ1) is 20.6. The lowest BCUT2D eigenvalue weighted by Crippen LogP contribution is -2.24. The molecule has 0 fully saturated rings. The van der Waals surface area contributed by atoms with E-state index in [-0.39, 0.29) is 23.4 Å². The molecule has 1 heterocycles. The molecule has 1 amide bonds. The molecule has 3 aromatic rings. The molecule has 2 N–H and O–H groups in total. The Kier molecular flexibility index (Phi) is 6.64. The van der Waals surface area contributed by atoms with E-state index in [2.05, 4.69) is 10.0 Å². The number of hydrogen-bond donors (Lipinski definition) is 2. The Balaban J connectivity index is 1.54. The fraction of sp³-hybridized carbons (Fsp3) is 0.136. The van der Waals surface area contributed by atoms with E-state index >= 15 is 0 Å². The van der Waals surface area contributed by atoms with Gasteiger partial charge in [0.25, 0.3) is 0 Å². The number of furan rings is 1. The van der Waals surface area contributed by atoms with Crippen LogP contribution in [0.15, 0.2) is 88.2 Å². The van der Waals surface area contributed by atoms with Gasteiger partial charge in [-0.25, -0.2) is 13.1 Å². The second-order valence-electron chi connectivity index (χ2n) is 6.42. The number of carbonyl (C=O) groups is 1. The van der Waals surface area contributed by atoms with Gasteiger partial charge in [0.1, 0.15) is 11.5 Å². The maximum atomic E-state index is 12.2. The van der Waals surface area contributed by atoms with Gasteiger partial charge in [-0.3, -0.25) is 4.79 Å². The number of rotatable bonds is 8. The van der Waals surface area contributed by atoms with Gasteiger partial charge in [0.15, 0.2) is 0 Å². The molecule has 3 rings (SSSR count). The summed E-state index contributed by atoms with van der Waals surface area (Å²) in [6.45, 7) is 1.92. The highest BCUT2D eigenvalue weighted by Gasteiger charge is 2.14. The van der Waals surface area contributed by atoms with Crippen LogP contribution < -0.4 is 10.0 Å². The minimum atomic E-state index is -3.61. The summed E-state index contributed by atoms with van der Waals surface area (Å²) in [6, 6.07) is 21.0. The Bertz CT molecular complexity index is 1070. The van der Waals surface area contributed by atoms with E-state index in [9.17, 15) is 13.2 Å². The van der Waals surface area contributed by atoms with E-state index in [1.807, 2.05) is 37.3 Å². The zero-order valence-electron chi connectivity index (χ0n) is 15.9. The second-order valence-corrected chi connectivity index (χ2v) is 8.18. The summed E-state index contributed by atoms with van der Waals surface area (Å²) in [6.07, 6.45) is 2.93. The van der Waals surface area contributed by atoms with E-state index in [0.717, 1.165) is 5.56 Å². The van der Waals surface area contributed by atoms with Crippen molar-refractivity contribution in [3.63, 3.8) is 0 Å². The number of hydrogen-bond acceptors (Lipinski definition) is 4. The van der Waals surface area contributed by atoms with Gasteiger partial charge in [0.05, 0.1) is 17.5 Å². The zero-order valence-corrected chi connectivity index (χ0v) is 16.7. The predicted molar refractivity (Wildman–Crippen MR) is 111 cm³/mol. The quantitative estimate of drug-likeness (QED) is 0.555. The van der Waals surface area contributed by atoms with Crippen molar-refractivity contribution in [1.29, 1.82) is 0 Å². The molecule has 1 aromatic heterocycles. The Hall–Kier alpha value is -3.16. The summed E-state index contributed by atoms with van der Waals surface area (Å²) in [5.74, 6) is 0.660. The first-order valence-corrected chi connectivity index (χ1v) is 10.6. The summed E-state index contributed by atoms with van der Waals surface area (Å²) in [5.41, 5.74) is 1.01. The standard InChI is InChI=1S/C22H22N2O4S/c1-17(18-8-4-2-5-9-18)24-22(25)15-14-19-12-13-20(28-19)16-23-29(26,27)21-10-6-3-7-11-21/h2-15,17,23H,16H2,1H3,(H,24,25)/b15-14+/t17-/m0/s1. The Morgan fingerprint density at radius 3 is 2.34 bits per heavy atom. The van der Waals surface area contributed by atoms with Crippen LogP contribution in [-0.4, -0.2) is 14.3 Å².